The molecule has 0 saturated heterocycles. The van der Waals surface area contributed by atoms with Crippen molar-refractivity contribution in [1.29, 1.82) is 0 Å². The molecule has 1 aliphatic rings. The van der Waals surface area contributed by atoms with Crippen LogP contribution in [0.2, 0.25) is 0 Å². The Morgan fingerprint density at radius 1 is 1.58 bits per heavy atom. The van der Waals surface area contributed by atoms with E-state index in [1.54, 1.807) is 0 Å². The molecule has 4 heteroatoms. The van der Waals surface area contributed by atoms with Gasteiger partial charge in [-0.15, -0.1) is 11.3 Å². The molecule has 1 heterocycles. The van der Waals surface area contributed by atoms with E-state index in [-0.39, 0.29) is 5.54 Å². The summed E-state index contributed by atoms with van der Waals surface area (Å²) in [7, 11) is 0. The second kappa shape index (κ2) is 2.71. The molecule has 12 heavy (non-hydrogen) atoms. The molecule has 66 valence electrons. The van der Waals surface area contributed by atoms with E-state index in [0.717, 1.165) is 25.0 Å². The van der Waals surface area contributed by atoms with E-state index >= 15 is 0 Å². The summed E-state index contributed by atoms with van der Waals surface area (Å²) in [5.74, 6) is 0. The number of nitrogens with two attached hydrogens (primary N) is 2. The average molecular weight is 183 g/mol. The van der Waals surface area contributed by atoms with Crippen LogP contribution in [0.4, 0.5) is 5.13 Å². The van der Waals surface area contributed by atoms with Gasteiger partial charge in [0.1, 0.15) is 0 Å². The summed E-state index contributed by atoms with van der Waals surface area (Å²) in [6.45, 7) is 0. The molecule has 0 radical (unpaired) electrons. The van der Waals surface area contributed by atoms with Gasteiger partial charge in [-0.25, -0.2) is 4.98 Å². The zero-order chi connectivity index (χ0) is 8.60. The van der Waals surface area contributed by atoms with Gasteiger partial charge in [-0.05, 0) is 19.3 Å². The van der Waals surface area contributed by atoms with E-state index in [9.17, 15) is 0 Å². The van der Waals surface area contributed by atoms with E-state index in [4.69, 9.17) is 11.5 Å². The Bertz CT molecular complexity index is 278. The highest BCUT2D eigenvalue weighted by molar-refractivity contribution is 7.13. The van der Waals surface area contributed by atoms with Gasteiger partial charge >= 0.3 is 0 Å². The summed E-state index contributed by atoms with van der Waals surface area (Å²) in [6.07, 6.45) is 4.41. The maximum Gasteiger partial charge on any atom is 0.180 e. The molecule has 1 aliphatic carbocycles. The van der Waals surface area contributed by atoms with E-state index in [1.807, 2.05) is 5.38 Å². The Labute approximate surface area is 75.8 Å². The van der Waals surface area contributed by atoms with Crippen molar-refractivity contribution in [2.75, 3.05) is 5.73 Å². The van der Waals surface area contributed by atoms with E-state index in [2.05, 4.69) is 4.98 Å². The van der Waals surface area contributed by atoms with Crippen LogP contribution in [0.15, 0.2) is 5.38 Å². The van der Waals surface area contributed by atoms with Crippen LogP contribution in [-0.4, -0.2) is 10.5 Å². The highest BCUT2D eigenvalue weighted by Crippen LogP contribution is 2.32. The second-order valence-electron chi connectivity index (χ2n) is 3.57. The van der Waals surface area contributed by atoms with Crippen LogP contribution in [0.3, 0.4) is 0 Å². The van der Waals surface area contributed by atoms with Gasteiger partial charge in [0.25, 0.3) is 0 Å². The minimum Gasteiger partial charge on any atom is -0.375 e. The van der Waals surface area contributed by atoms with Crippen molar-refractivity contribution < 1.29 is 0 Å². The molecule has 1 saturated carbocycles. The van der Waals surface area contributed by atoms with Gasteiger partial charge in [-0.2, -0.15) is 0 Å². The molecular weight excluding hydrogens is 170 g/mol. The van der Waals surface area contributed by atoms with E-state index in [1.165, 1.54) is 17.8 Å². The van der Waals surface area contributed by atoms with Crippen molar-refractivity contribution in [3.05, 3.63) is 11.1 Å². The number of anilines is 1. The third-order valence-corrected chi connectivity index (χ3v) is 3.17. The molecular formula is C8H13N3S. The molecule has 0 unspecified atom stereocenters. The lowest BCUT2D eigenvalue weighted by molar-refractivity contribution is 0.246. The van der Waals surface area contributed by atoms with Crippen molar-refractivity contribution in [1.82, 2.24) is 4.98 Å². The number of aromatic nitrogens is 1. The highest BCUT2D eigenvalue weighted by atomic mass is 32.1. The van der Waals surface area contributed by atoms with Gasteiger partial charge in [-0.3, -0.25) is 0 Å². The van der Waals surface area contributed by atoms with Gasteiger partial charge in [-0.1, -0.05) is 0 Å². The van der Waals surface area contributed by atoms with E-state index in [0.29, 0.717) is 5.13 Å². The molecule has 0 amide bonds. The summed E-state index contributed by atoms with van der Waals surface area (Å²) < 4.78 is 0. The first-order chi connectivity index (χ1) is 5.68. The highest BCUT2D eigenvalue weighted by Gasteiger charge is 2.33. The zero-order valence-corrected chi connectivity index (χ0v) is 7.73. The normalized spacial score (nSPS) is 20.4. The number of nitrogens with zero attached hydrogens (tertiary/aromatic N) is 1. The third-order valence-electron chi connectivity index (χ3n) is 2.45. The maximum atomic E-state index is 6.07. The van der Waals surface area contributed by atoms with Crippen molar-refractivity contribution in [2.24, 2.45) is 5.73 Å². The fourth-order valence-corrected chi connectivity index (χ4v) is 2.13. The Kier molecular flexibility index (Phi) is 1.81. The minimum absolute atomic E-state index is 0.0283. The number of thiazole rings is 1. The zero-order valence-electron chi connectivity index (χ0n) is 6.92. The lowest BCUT2D eigenvalue weighted by Crippen LogP contribution is -2.48. The van der Waals surface area contributed by atoms with Gasteiger partial charge in [0, 0.05) is 17.3 Å². The summed E-state index contributed by atoms with van der Waals surface area (Å²) in [5.41, 5.74) is 12.7. The van der Waals surface area contributed by atoms with E-state index < -0.39 is 0 Å². The summed E-state index contributed by atoms with van der Waals surface area (Å²) in [5, 5.41) is 2.65. The largest absolute Gasteiger partial charge is 0.375 e. The molecule has 4 N–H and O–H groups in total. The molecule has 1 aromatic rings. The molecule has 1 fully saturated rings. The molecule has 0 bridgehead atoms. The first kappa shape index (κ1) is 8.01. The Hall–Kier alpha value is -0.610. The maximum absolute atomic E-state index is 6.07. The summed E-state index contributed by atoms with van der Waals surface area (Å²) >= 11 is 1.49. The fraction of sp³-hybridized carbons (Fsp3) is 0.625. The van der Waals surface area contributed by atoms with Crippen molar-refractivity contribution in [3.8, 4) is 0 Å². The van der Waals surface area contributed by atoms with Gasteiger partial charge < -0.3 is 11.5 Å². The Morgan fingerprint density at radius 2 is 2.33 bits per heavy atom. The minimum atomic E-state index is 0.0283. The summed E-state index contributed by atoms with van der Waals surface area (Å²) in [4.78, 5) is 4.19. The third kappa shape index (κ3) is 1.44. The predicted molar refractivity (Wildman–Crippen MR) is 51.0 cm³/mol. The molecule has 0 atom stereocenters. The number of hydrogen-bond donors (Lipinski definition) is 2. The van der Waals surface area contributed by atoms with Crippen LogP contribution >= 0.6 is 11.3 Å². The predicted octanol–water partition coefficient (Wildman–Crippen LogP) is 1.15. The van der Waals surface area contributed by atoms with Crippen molar-refractivity contribution >= 4 is 16.5 Å². The molecule has 0 aromatic carbocycles. The molecule has 3 nitrogen and oxygen atoms in total. The standard InChI is InChI=1S/C8H13N3S/c9-7-11-6(5-12-7)4-8(10)2-1-3-8/h5H,1-4,10H2,(H2,9,11). The Morgan fingerprint density at radius 3 is 2.75 bits per heavy atom. The van der Waals surface area contributed by atoms with Crippen LogP contribution in [0.25, 0.3) is 0 Å². The number of rotatable bonds is 2. The quantitative estimate of drug-likeness (QED) is 0.723. The van der Waals surface area contributed by atoms with Crippen molar-refractivity contribution in [3.63, 3.8) is 0 Å². The molecule has 0 aliphatic heterocycles. The molecule has 0 spiro atoms. The van der Waals surface area contributed by atoms with Crippen LogP contribution in [0.1, 0.15) is 25.0 Å². The van der Waals surface area contributed by atoms with Crippen LogP contribution in [0.5, 0.6) is 0 Å². The lowest BCUT2D eigenvalue weighted by atomic mass is 9.75. The average Bonchev–Trinajstić information content (AvgIpc) is 2.32. The Balaban J connectivity index is 2.03. The van der Waals surface area contributed by atoms with Crippen molar-refractivity contribution in [2.45, 2.75) is 31.2 Å². The first-order valence-corrected chi connectivity index (χ1v) is 5.05. The molecule has 2 rings (SSSR count). The topological polar surface area (TPSA) is 64.9 Å². The first-order valence-electron chi connectivity index (χ1n) is 4.17. The smallest absolute Gasteiger partial charge is 0.180 e. The van der Waals surface area contributed by atoms with Gasteiger partial charge in [0.15, 0.2) is 5.13 Å². The van der Waals surface area contributed by atoms with Gasteiger partial charge in [0.05, 0.1) is 5.69 Å². The van der Waals surface area contributed by atoms with Crippen LogP contribution in [0, 0.1) is 0 Å². The number of nitrogen functional groups attached to an aromatic ring is 1. The molecule has 1 aromatic heterocycles. The van der Waals surface area contributed by atoms with Gasteiger partial charge in [0.2, 0.25) is 0 Å². The van der Waals surface area contributed by atoms with Crippen LogP contribution in [-0.2, 0) is 6.42 Å². The second-order valence-corrected chi connectivity index (χ2v) is 4.46. The lowest BCUT2D eigenvalue weighted by Gasteiger charge is -2.37. The van der Waals surface area contributed by atoms with Crippen LogP contribution < -0.4 is 11.5 Å². The monoisotopic (exact) mass is 183 g/mol. The summed E-state index contributed by atoms with van der Waals surface area (Å²) in [6, 6.07) is 0. The SMILES string of the molecule is Nc1nc(CC2(N)CCC2)cs1. The number of hydrogen-bond acceptors (Lipinski definition) is 4. The fourth-order valence-electron chi connectivity index (χ4n) is 1.57.